The summed E-state index contributed by atoms with van der Waals surface area (Å²) in [6, 6.07) is 15.0. The van der Waals surface area contributed by atoms with Gasteiger partial charge in [0.05, 0.1) is 10.4 Å². The van der Waals surface area contributed by atoms with Crippen LogP contribution in [0.1, 0.15) is 18.4 Å². The molecule has 5 rings (SSSR count). The second kappa shape index (κ2) is 8.64. The van der Waals surface area contributed by atoms with Crippen molar-refractivity contribution >= 4 is 43.2 Å². The van der Waals surface area contributed by atoms with E-state index in [4.69, 9.17) is 4.98 Å². The molecule has 1 fully saturated rings. The van der Waals surface area contributed by atoms with E-state index in [-0.39, 0.29) is 11.8 Å². The highest BCUT2D eigenvalue weighted by Crippen LogP contribution is 2.40. The van der Waals surface area contributed by atoms with E-state index in [1.165, 1.54) is 20.7 Å². The molecule has 7 heteroatoms. The number of carbonyl (C=O) groups excluding carboxylic acids is 1. The zero-order valence-electron chi connectivity index (χ0n) is 18.5. The molecule has 1 aliphatic heterocycles. The Bertz CT molecular complexity index is 1200. The lowest BCUT2D eigenvalue weighted by molar-refractivity contribution is -0.133. The van der Waals surface area contributed by atoms with Gasteiger partial charge in [-0.15, -0.1) is 11.3 Å². The second-order valence-electron chi connectivity index (χ2n) is 8.57. The van der Waals surface area contributed by atoms with Gasteiger partial charge in [-0.3, -0.25) is 9.78 Å². The van der Waals surface area contributed by atoms with Crippen LogP contribution in [-0.2, 0) is 4.79 Å². The van der Waals surface area contributed by atoms with Gasteiger partial charge < -0.3 is 9.80 Å². The van der Waals surface area contributed by atoms with Gasteiger partial charge in [-0.05, 0) is 43.0 Å². The normalized spacial score (nSPS) is 14.8. The number of piperidine rings is 1. The van der Waals surface area contributed by atoms with Crippen molar-refractivity contribution in [2.75, 3.05) is 32.1 Å². The van der Waals surface area contributed by atoms with Crippen LogP contribution in [0.5, 0.6) is 0 Å². The van der Waals surface area contributed by atoms with Gasteiger partial charge in [0.25, 0.3) is 0 Å². The van der Waals surface area contributed by atoms with E-state index in [1.54, 1.807) is 27.6 Å². The maximum Gasteiger partial charge on any atom is 0.225 e. The Morgan fingerprint density at radius 3 is 2.38 bits per heavy atom. The van der Waals surface area contributed by atoms with E-state index in [2.05, 4.69) is 59.3 Å². The van der Waals surface area contributed by atoms with Gasteiger partial charge >= 0.3 is 0 Å². The molecule has 1 aliphatic rings. The number of anilines is 1. The van der Waals surface area contributed by atoms with Crippen molar-refractivity contribution in [1.82, 2.24) is 14.9 Å². The molecule has 0 saturated carbocycles. The van der Waals surface area contributed by atoms with E-state index in [0.717, 1.165) is 47.2 Å². The number of thiazole rings is 1. The molecule has 0 aliphatic carbocycles. The number of rotatable bonds is 4. The molecular formula is C25H26N4OS2. The van der Waals surface area contributed by atoms with Crippen molar-refractivity contribution in [3.63, 3.8) is 0 Å². The number of aromatic nitrogens is 2. The van der Waals surface area contributed by atoms with Crippen molar-refractivity contribution in [2.45, 2.75) is 19.8 Å². The third kappa shape index (κ3) is 4.14. The summed E-state index contributed by atoms with van der Waals surface area (Å²) in [5.74, 6) is 0.394. The lowest BCUT2D eigenvalue weighted by Gasteiger charge is -2.32. The van der Waals surface area contributed by atoms with Gasteiger partial charge in [0.1, 0.15) is 4.83 Å². The van der Waals surface area contributed by atoms with Gasteiger partial charge in [0.2, 0.25) is 5.91 Å². The number of hydrogen-bond acceptors (Lipinski definition) is 6. The minimum atomic E-state index is 0.145. The minimum Gasteiger partial charge on any atom is -0.349 e. The first-order valence-electron chi connectivity index (χ1n) is 10.9. The number of aryl methyl sites for hydroxylation is 1. The highest BCUT2D eigenvalue weighted by Gasteiger charge is 2.27. The predicted octanol–water partition coefficient (Wildman–Crippen LogP) is 5.70. The molecular weight excluding hydrogens is 436 g/mol. The number of pyridine rings is 1. The SMILES string of the molecule is Cc1ccc(-c2ccc(-c3cc4sc(N5CCC(C(=O)N(C)C)CC5)nc4s3)cc2)nc1. The summed E-state index contributed by atoms with van der Waals surface area (Å²) in [5.41, 5.74) is 4.50. The van der Waals surface area contributed by atoms with E-state index < -0.39 is 0 Å². The molecule has 5 nitrogen and oxygen atoms in total. The van der Waals surface area contributed by atoms with Crippen LogP contribution >= 0.6 is 22.7 Å². The molecule has 32 heavy (non-hydrogen) atoms. The summed E-state index contributed by atoms with van der Waals surface area (Å²) in [5, 5.41) is 1.08. The van der Waals surface area contributed by atoms with Crippen molar-refractivity contribution in [1.29, 1.82) is 0 Å². The molecule has 1 amide bonds. The number of fused-ring (bicyclic) bond motifs is 1. The molecule has 0 atom stereocenters. The maximum absolute atomic E-state index is 12.2. The summed E-state index contributed by atoms with van der Waals surface area (Å²) in [6.07, 6.45) is 3.71. The van der Waals surface area contributed by atoms with Gasteiger partial charge in [-0.25, -0.2) is 4.98 Å². The van der Waals surface area contributed by atoms with E-state index >= 15 is 0 Å². The average Bonchev–Trinajstić information content (AvgIpc) is 3.39. The molecule has 0 unspecified atom stereocenters. The summed E-state index contributed by atoms with van der Waals surface area (Å²) in [7, 11) is 3.68. The van der Waals surface area contributed by atoms with Crippen LogP contribution in [0.15, 0.2) is 48.7 Å². The van der Waals surface area contributed by atoms with Crippen LogP contribution in [0, 0.1) is 12.8 Å². The fourth-order valence-electron chi connectivity index (χ4n) is 4.13. The largest absolute Gasteiger partial charge is 0.349 e. The molecule has 0 bridgehead atoms. The van der Waals surface area contributed by atoms with Crippen LogP contribution in [0.25, 0.3) is 31.2 Å². The van der Waals surface area contributed by atoms with Crippen LogP contribution in [0.2, 0.25) is 0 Å². The third-order valence-electron chi connectivity index (χ3n) is 6.01. The Kier molecular flexibility index (Phi) is 5.69. The first-order chi connectivity index (χ1) is 15.5. The molecule has 1 saturated heterocycles. The summed E-state index contributed by atoms with van der Waals surface area (Å²) >= 11 is 3.50. The Labute approximate surface area is 196 Å². The topological polar surface area (TPSA) is 49.3 Å². The number of thiophene rings is 1. The lowest BCUT2D eigenvalue weighted by Crippen LogP contribution is -2.40. The van der Waals surface area contributed by atoms with Gasteiger partial charge in [-0.1, -0.05) is 41.7 Å². The van der Waals surface area contributed by atoms with Crippen molar-refractivity contribution in [3.8, 4) is 21.7 Å². The van der Waals surface area contributed by atoms with E-state index in [9.17, 15) is 4.79 Å². The van der Waals surface area contributed by atoms with Crippen LogP contribution in [-0.4, -0.2) is 48.0 Å². The van der Waals surface area contributed by atoms with Crippen molar-refractivity contribution < 1.29 is 4.79 Å². The Hall–Kier alpha value is -2.77. The van der Waals surface area contributed by atoms with E-state index in [1.807, 2.05) is 20.3 Å². The molecule has 0 N–H and O–H groups in total. The van der Waals surface area contributed by atoms with Gasteiger partial charge in [-0.2, -0.15) is 0 Å². The molecule has 0 spiro atoms. The number of hydrogen-bond donors (Lipinski definition) is 0. The lowest BCUT2D eigenvalue weighted by atomic mass is 9.96. The van der Waals surface area contributed by atoms with Crippen molar-refractivity contribution in [3.05, 3.63) is 54.2 Å². The van der Waals surface area contributed by atoms with Crippen LogP contribution < -0.4 is 4.90 Å². The average molecular weight is 463 g/mol. The molecule has 4 aromatic rings. The maximum atomic E-state index is 12.2. The fraction of sp³-hybridized carbons (Fsp3) is 0.320. The Morgan fingerprint density at radius 2 is 1.75 bits per heavy atom. The summed E-state index contributed by atoms with van der Waals surface area (Å²) in [6.45, 7) is 3.84. The summed E-state index contributed by atoms with van der Waals surface area (Å²) < 4.78 is 1.23. The predicted molar refractivity (Wildman–Crippen MR) is 135 cm³/mol. The minimum absolute atomic E-state index is 0.145. The number of amides is 1. The number of benzene rings is 1. The first kappa shape index (κ1) is 21.1. The Morgan fingerprint density at radius 1 is 1.03 bits per heavy atom. The summed E-state index contributed by atoms with van der Waals surface area (Å²) in [4.78, 5) is 28.0. The van der Waals surface area contributed by atoms with Gasteiger partial charge in [0.15, 0.2) is 5.13 Å². The molecule has 4 heterocycles. The number of carbonyl (C=O) groups is 1. The van der Waals surface area contributed by atoms with Crippen LogP contribution in [0.4, 0.5) is 5.13 Å². The van der Waals surface area contributed by atoms with E-state index in [0.29, 0.717) is 0 Å². The first-order valence-corrected chi connectivity index (χ1v) is 12.5. The quantitative estimate of drug-likeness (QED) is 0.390. The number of nitrogens with zero attached hydrogens (tertiary/aromatic N) is 4. The molecule has 0 radical (unpaired) electrons. The monoisotopic (exact) mass is 462 g/mol. The van der Waals surface area contributed by atoms with Gasteiger partial charge in [0, 0.05) is 49.7 Å². The highest BCUT2D eigenvalue weighted by atomic mass is 32.1. The van der Waals surface area contributed by atoms with Crippen LogP contribution in [0.3, 0.4) is 0 Å². The third-order valence-corrected chi connectivity index (χ3v) is 8.28. The Balaban J connectivity index is 1.29. The zero-order valence-corrected chi connectivity index (χ0v) is 20.2. The standard InChI is InChI=1S/C25H26N4OS2/c1-16-4-9-20(26-15-16)17-5-7-18(8-6-17)21-14-22-23(31-21)27-25(32-22)29-12-10-19(11-13-29)24(30)28(2)3/h4-9,14-15,19H,10-13H2,1-3H3. The zero-order chi connectivity index (χ0) is 22.2. The van der Waals surface area contributed by atoms with Crippen molar-refractivity contribution in [2.24, 2.45) is 5.92 Å². The molecule has 1 aromatic carbocycles. The highest BCUT2D eigenvalue weighted by molar-refractivity contribution is 7.30. The molecule has 164 valence electrons. The molecule has 3 aromatic heterocycles. The fourth-order valence-corrected chi connectivity index (χ4v) is 6.40. The second-order valence-corrected chi connectivity index (χ2v) is 10.6. The smallest absolute Gasteiger partial charge is 0.225 e.